The second kappa shape index (κ2) is 7.70. The van der Waals surface area contributed by atoms with E-state index in [0.29, 0.717) is 17.3 Å². The average Bonchev–Trinajstić information content (AvgIpc) is 3.03. The zero-order valence-electron chi connectivity index (χ0n) is 19.8. The van der Waals surface area contributed by atoms with E-state index in [-0.39, 0.29) is 11.5 Å². The van der Waals surface area contributed by atoms with E-state index in [2.05, 4.69) is 59.8 Å². The molecule has 1 nitrogen and oxygen atoms in total. The van der Waals surface area contributed by atoms with Crippen molar-refractivity contribution in [1.29, 1.82) is 0 Å². The quantitative estimate of drug-likeness (QED) is 0.488. The van der Waals surface area contributed by atoms with Gasteiger partial charge in [-0.2, -0.15) is 0 Å². The Hall–Kier alpha value is -0.820. The van der Waals surface area contributed by atoms with E-state index >= 15 is 0 Å². The van der Waals surface area contributed by atoms with Gasteiger partial charge in [0.05, 0.1) is 6.10 Å². The van der Waals surface area contributed by atoms with Crippen molar-refractivity contribution >= 4 is 0 Å². The lowest BCUT2D eigenvalue weighted by Crippen LogP contribution is -2.41. The van der Waals surface area contributed by atoms with Gasteiger partial charge in [0.2, 0.25) is 0 Å². The van der Waals surface area contributed by atoms with E-state index in [1.807, 2.05) is 5.57 Å². The van der Waals surface area contributed by atoms with Crippen molar-refractivity contribution < 1.29 is 5.11 Å². The fourth-order valence-electron chi connectivity index (χ4n) is 7.51. The lowest BCUT2D eigenvalue weighted by Gasteiger charge is -2.52. The monoisotopic (exact) mass is 396 g/mol. The van der Waals surface area contributed by atoms with E-state index in [4.69, 9.17) is 0 Å². The zero-order chi connectivity index (χ0) is 21.0. The molecule has 7 atom stereocenters. The first-order chi connectivity index (χ1) is 13.7. The fourth-order valence-corrected chi connectivity index (χ4v) is 7.51. The minimum absolute atomic E-state index is 0.109. The minimum Gasteiger partial charge on any atom is -0.393 e. The van der Waals surface area contributed by atoms with Crippen LogP contribution in [0, 0.1) is 40.4 Å². The van der Waals surface area contributed by atoms with E-state index in [9.17, 15) is 5.11 Å². The summed E-state index contributed by atoms with van der Waals surface area (Å²) in [5.41, 5.74) is 5.88. The summed E-state index contributed by atoms with van der Waals surface area (Å²) in [6.45, 7) is 14.6. The number of aliphatic hydroxyl groups excluding tert-OH is 1. The van der Waals surface area contributed by atoms with Crippen LogP contribution in [0.25, 0.3) is 0 Å². The second-order valence-electron chi connectivity index (χ2n) is 11.8. The highest BCUT2D eigenvalue weighted by molar-refractivity contribution is 5.43. The SMILES string of the molecule is CC(C)[C@@H](C)C=C[C@@H](C)[C@H]1CC[C@H]2C3=C(CC[C@]12C)[C@@]1(C)CCC(O)CC1=CC3. The molecule has 4 aliphatic carbocycles. The summed E-state index contributed by atoms with van der Waals surface area (Å²) in [5, 5.41) is 10.2. The molecule has 0 aromatic carbocycles. The second-order valence-corrected chi connectivity index (χ2v) is 11.8. The van der Waals surface area contributed by atoms with Crippen LogP contribution in [0.15, 0.2) is 34.9 Å². The van der Waals surface area contributed by atoms with Gasteiger partial charge in [0.1, 0.15) is 0 Å². The number of hydrogen-bond donors (Lipinski definition) is 1. The number of hydrogen-bond acceptors (Lipinski definition) is 1. The van der Waals surface area contributed by atoms with Crippen molar-refractivity contribution in [3.63, 3.8) is 0 Å². The molecule has 0 heterocycles. The maximum Gasteiger partial charge on any atom is 0.0578 e. The van der Waals surface area contributed by atoms with Crippen molar-refractivity contribution in [2.75, 3.05) is 0 Å². The molecule has 0 aliphatic heterocycles. The van der Waals surface area contributed by atoms with Crippen LogP contribution in [-0.4, -0.2) is 11.2 Å². The van der Waals surface area contributed by atoms with Crippen molar-refractivity contribution in [1.82, 2.24) is 0 Å². The third kappa shape index (κ3) is 3.50. The molecule has 0 aromatic heterocycles. The molecule has 1 heteroatoms. The molecule has 1 unspecified atom stereocenters. The summed E-state index contributed by atoms with van der Waals surface area (Å²) < 4.78 is 0. The van der Waals surface area contributed by atoms with Crippen molar-refractivity contribution in [2.24, 2.45) is 40.4 Å². The summed E-state index contributed by atoms with van der Waals surface area (Å²) >= 11 is 0. The van der Waals surface area contributed by atoms with Crippen molar-refractivity contribution in [2.45, 2.75) is 99.0 Å². The maximum atomic E-state index is 10.2. The molecule has 0 bridgehead atoms. The van der Waals surface area contributed by atoms with Crippen LogP contribution in [0.1, 0.15) is 92.9 Å². The van der Waals surface area contributed by atoms with Crippen molar-refractivity contribution in [3.05, 3.63) is 34.9 Å². The highest BCUT2D eigenvalue weighted by Crippen LogP contribution is 2.64. The molecule has 4 rings (SSSR count). The van der Waals surface area contributed by atoms with Gasteiger partial charge >= 0.3 is 0 Å². The van der Waals surface area contributed by atoms with E-state index in [1.165, 1.54) is 25.7 Å². The molecule has 0 amide bonds. The molecule has 0 saturated heterocycles. The summed E-state index contributed by atoms with van der Waals surface area (Å²) in [6, 6.07) is 0. The summed E-state index contributed by atoms with van der Waals surface area (Å²) in [6.07, 6.45) is 17.1. The fraction of sp³-hybridized carbons (Fsp3) is 0.786. The molecule has 0 aromatic rings. The van der Waals surface area contributed by atoms with Gasteiger partial charge in [-0.1, -0.05) is 76.5 Å². The van der Waals surface area contributed by atoms with E-state index in [1.54, 1.807) is 11.1 Å². The van der Waals surface area contributed by atoms with Crippen LogP contribution < -0.4 is 0 Å². The van der Waals surface area contributed by atoms with Crippen LogP contribution in [-0.2, 0) is 0 Å². The highest BCUT2D eigenvalue weighted by atomic mass is 16.3. The molecule has 2 saturated carbocycles. The van der Waals surface area contributed by atoms with Gasteiger partial charge in [0.25, 0.3) is 0 Å². The summed E-state index contributed by atoms with van der Waals surface area (Å²) in [7, 11) is 0. The van der Waals surface area contributed by atoms with Gasteiger partial charge in [-0.25, -0.2) is 0 Å². The van der Waals surface area contributed by atoms with Crippen LogP contribution >= 0.6 is 0 Å². The summed E-state index contributed by atoms with van der Waals surface area (Å²) in [4.78, 5) is 0. The molecule has 2 fully saturated rings. The third-order valence-electron chi connectivity index (χ3n) is 9.91. The molecule has 1 N–H and O–H groups in total. The van der Waals surface area contributed by atoms with Gasteiger partial charge in [-0.05, 0) is 86.4 Å². The zero-order valence-corrected chi connectivity index (χ0v) is 19.8. The van der Waals surface area contributed by atoms with Crippen molar-refractivity contribution in [3.8, 4) is 0 Å². The number of rotatable bonds is 4. The molecule has 162 valence electrons. The molecule has 29 heavy (non-hydrogen) atoms. The molecular formula is C28H44O. The van der Waals surface area contributed by atoms with Crippen LogP contribution in [0.2, 0.25) is 0 Å². The first kappa shape index (κ1) is 21.4. The maximum absolute atomic E-state index is 10.2. The van der Waals surface area contributed by atoms with E-state index in [0.717, 1.165) is 43.4 Å². The Labute approximate surface area is 179 Å². The minimum atomic E-state index is -0.109. The van der Waals surface area contributed by atoms with Gasteiger partial charge < -0.3 is 5.11 Å². The van der Waals surface area contributed by atoms with Gasteiger partial charge in [-0.15, -0.1) is 0 Å². The largest absolute Gasteiger partial charge is 0.393 e. The molecule has 0 radical (unpaired) electrons. The van der Waals surface area contributed by atoms with E-state index < -0.39 is 0 Å². The Morgan fingerprint density at radius 1 is 1.03 bits per heavy atom. The normalized spacial score (nSPS) is 41.8. The topological polar surface area (TPSA) is 20.2 Å². The Morgan fingerprint density at radius 2 is 1.79 bits per heavy atom. The van der Waals surface area contributed by atoms with Gasteiger partial charge in [0, 0.05) is 5.41 Å². The Morgan fingerprint density at radius 3 is 2.52 bits per heavy atom. The third-order valence-corrected chi connectivity index (χ3v) is 9.91. The number of fused-ring (bicyclic) bond motifs is 4. The predicted octanol–water partition coefficient (Wildman–Crippen LogP) is 7.47. The standard InChI is InChI=1S/C28H44O/c1-18(2)19(3)7-8-20(4)24-11-12-25-23-10-9-21-17-22(29)13-15-27(21,5)26(23)14-16-28(24,25)6/h7-9,18-20,22,24-25,29H,10-17H2,1-6H3/t19-,20+,22?,24+,25-,27-,28+/m0/s1. The smallest absolute Gasteiger partial charge is 0.0578 e. The summed E-state index contributed by atoms with van der Waals surface area (Å²) in [5.74, 6) is 3.69. The highest BCUT2D eigenvalue weighted by Gasteiger charge is 2.54. The Bertz CT molecular complexity index is 725. The van der Waals surface area contributed by atoms with Gasteiger partial charge in [-0.3, -0.25) is 0 Å². The molecule has 4 aliphatic rings. The Kier molecular flexibility index (Phi) is 5.69. The average molecular weight is 397 g/mol. The predicted molar refractivity (Wildman–Crippen MR) is 124 cm³/mol. The first-order valence-electron chi connectivity index (χ1n) is 12.4. The number of aliphatic hydroxyl groups is 1. The molecular weight excluding hydrogens is 352 g/mol. The molecule has 0 spiro atoms. The van der Waals surface area contributed by atoms with Crippen LogP contribution in [0.5, 0.6) is 0 Å². The van der Waals surface area contributed by atoms with Crippen LogP contribution in [0.4, 0.5) is 0 Å². The lowest BCUT2D eigenvalue weighted by molar-refractivity contribution is 0.0971. The Balaban J connectivity index is 1.57. The number of allylic oxidation sites excluding steroid dienone is 5. The first-order valence-corrected chi connectivity index (χ1v) is 12.4. The van der Waals surface area contributed by atoms with Gasteiger partial charge in [0.15, 0.2) is 0 Å². The lowest BCUT2D eigenvalue weighted by atomic mass is 9.53. The van der Waals surface area contributed by atoms with Crippen LogP contribution in [0.3, 0.4) is 0 Å².